The lowest BCUT2D eigenvalue weighted by atomic mass is 10.2. The fourth-order valence-electron chi connectivity index (χ4n) is 1.05. The van der Waals surface area contributed by atoms with Crippen molar-refractivity contribution in [1.29, 1.82) is 0 Å². The van der Waals surface area contributed by atoms with Crippen LogP contribution in [0, 0.1) is 0 Å². The maximum atomic E-state index is 5.65. The van der Waals surface area contributed by atoms with Gasteiger partial charge < -0.3 is 10.5 Å². The molecular formula is C8H9N2O+. The summed E-state index contributed by atoms with van der Waals surface area (Å²) in [5.74, 6) is 0.771. The summed E-state index contributed by atoms with van der Waals surface area (Å²) in [6.07, 6.45) is 1.71. The molecule has 2 N–H and O–H groups in total. The molecule has 11 heavy (non-hydrogen) atoms. The van der Waals surface area contributed by atoms with Crippen molar-refractivity contribution in [3.63, 3.8) is 0 Å². The smallest absolute Gasteiger partial charge is 0.486 e. The molecule has 1 aromatic rings. The predicted octanol–water partition coefficient (Wildman–Crippen LogP) is 1.48. The molecule has 0 fully saturated rings. The SMILES string of the molecule is Nc1cccc2c1N=CCO2.[H+]. The molecule has 0 amide bonds. The molecule has 1 aromatic carbocycles. The largest absolute Gasteiger partial charge is 1.00 e. The highest BCUT2D eigenvalue weighted by Crippen LogP contribution is 2.34. The molecule has 0 saturated heterocycles. The zero-order chi connectivity index (χ0) is 7.68. The third kappa shape index (κ3) is 0.941. The Balaban J connectivity index is 0.000000720. The Morgan fingerprint density at radius 1 is 1.55 bits per heavy atom. The minimum Gasteiger partial charge on any atom is -0.486 e. The van der Waals surface area contributed by atoms with Crippen LogP contribution >= 0.6 is 0 Å². The van der Waals surface area contributed by atoms with Gasteiger partial charge in [-0.25, -0.2) is 0 Å². The molecule has 2 rings (SSSR count). The van der Waals surface area contributed by atoms with Gasteiger partial charge in [0.05, 0.1) is 5.69 Å². The molecule has 0 radical (unpaired) electrons. The summed E-state index contributed by atoms with van der Waals surface area (Å²) in [7, 11) is 0. The third-order valence-electron chi connectivity index (χ3n) is 1.56. The Morgan fingerprint density at radius 3 is 3.27 bits per heavy atom. The second-order valence-electron chi connectivity index (χ2n) is 2.32. The number of aliphatic imine (C=N–C) groups is 1. The molecule has 0 saturated carbocycles. The number of nitrogen functional groups attached to an aromatic ring is 1. The number of nitrogens with zero attached hydrogens (tertiary/aromatic N) is 1. The first kappa shape index (κ1) is 6.22. The lowest BCUT2D eigenvalue weighted by molar-refractivity contribution is 0.377. The van der Waals surface area contributed by atoms with Crippen molar-refractivity contribution in [2.24, 2.45) is 4.99 Å². The topological polar surface area (TPSA) is 47.6 Å². The number of para-hydroxylation sites is 1. The first-order valence-electron chi connectivity index (χ1n) is 3.42. The zero-order valence-electron chi connectivity index (χ0n) is 6.95. The van der Waals surface area contributed by atoms with Crippen molar-refractivity contribution in [3.8, 4) is 5.75 Å². The number of hydrogen-bond acceptors (Lipinski definition) is 3. The van der Waals surface area contributed by atoms with Crippen LogP contribution in [0.5, 0.6) is 5.75 Å². The number of anilines is 1. The van der Waals surface area contributed by atoms with E-state index in [1.807, 2.05) is 18.2 Å². The molecule has 3 heteroatoms. The predicted molar refractivity (Wildman–Crippen MR) is 45.6 cm³/mol. The Morgan fingerprint density at radius 2 is 2.45 bits per heavy atom. The number of fused-ring (bicyclic) bond motifs is 1. The maximum Gasteiger partial charge on any atom is 1.00 e. The van der Waals surface area contributed by atoms with Gasteiger partial charge in [-0.3, -0.25) is 4.99 Å². The van der Waals surface area contributed by atoms with Gasteiger partial charge in [0.2, 0.25) is 0 Å². The highest BCUT2D eigenvalue weighted by Gasteiger charge is 2.07. The monoisotopic (exact) mass is 149 g/mol. The van der Waals surface area contributed by atoms with Gasteiger partial charge in [0.1, 0.15) is 18.0 Å². The number of hydrogen-bond donors (Lipinski definition) is 1. The van der Waals surface area contributed by atoms with E-state index < -0.39 is 0 Å². The maximum absolute atomic E-state index is 5.65. The highest BCUT2D eigenvalue weighted by atomic mass is 16.5. The molecule has 0 aliphatic carbocycles. The summed E-state index contributed by atoms with van der Waals surface area (Å²) in [4.78, 5) is 4.12. The van der Waals surface area contributed by atoms with Crippen LogP contribution in [0.3, 0.4) is 0 Å². The Bertz CT molecular complexity index is 312. The molecule has 0 spiro atoms. The van der Waals surface area contributed by atoms with E-state index in [1.54, 1.807) is 6.21 Å². The fourth-order valence-corrected chi connectivity index (χ4v) is 1.05. The van der Waals surface area contributed by atoms with E-state index in [1.165, 1.54) is 0 Å². The van der Waals surface area contributed by atoms with Gasteiger partial charge in [-0.1, -0.05) is 6.07 Å². The first-order valence-corrected chi connectivity index (χ1v) is 3.42. The van der Waals surface area contributed by atoms with Crippen LogP contribution in [0.15, 0.2) is 23.2 Å². The normalized spacial score (nSPS) is 13.8. The van der Waals surface area contributed by atoms with Gasteiger partial charge in [0.15, 0.2) is 0 Å². The molecule has 0 unspecified atom stereocenters. The standard InChI is InChI=1S/C8H8N2O/c9-6-2-1-3-7-8(6)10-4-5-11-7/h1-4H,5,9H2/p+1. The highest BCUT2D eigenvalue weighted by molar-refractivity contribution is 5.78. The molecule has 56 valence electrons. The number of benzene rings is 1. The van der Waals surface area contributed by atoms with E-state index in [9.17, 15) is 0 Å². The van der Waals surface area contributed by atoms with Crippen LogP contribution in [0.25, 0.3) is 0 Å². The lowest BCUT2D eigenvalue weighted by Crippen LogP contribution is -2.03. The van der Waals surface area contributed by atoms with Crippen LogP contribution in [-0.4, -0.2) is 12.8 Å². The summed E-state index contributed by atoms with van der Waals surface area (Å²) in [5, 5.41) is 0. The van der Waals surface area contributed by atoms with Crippen molar-refractivity contribution in [2.45, 2.75) is 0 Å². The molecule has 0 atom stereocenters. The average Bonchev–Trinajstić information content (AvgIpc) is 2.06. The van der Waals surface area contributed by atoms with Crippen LogP contribution in [0.2, 0.25) is 0 Å². The van der Waals surface area contributed by atoms with Gasteiger partial charge in [0, 0.05) is 6.21 Å². The van der Waals surface area contributed by atoms with E-state index in [0.29, 0.717) is 12.3 Å². The zero-order valence-corrected chi connectivity index (χ0v) is 5.95. The van der Waals surface area contributed by atoms with Gasteiger partial charge in [-0.05, 0) is 12.1 Å². The summed E-state index contributed by atoms with van der Waals surface area (Å²) >= 11 is 0. The van der Waals surface area contributed by atoms with Crippen LogP contribution in [-0.2, 0) is 0 Å². The molecular weight excluding hydrogens is 140 g/mol. The van der Waals surface area contributed by atoms with Crippen LogP contribution in [0.1, 0.15) is 1.43 Å². The molecule has 1 aliphatic heterocycles. The van der Waals surface area contributed by atoms with Crippen molar-refractivity contribution in [3.05, 3.63) is 18.2 Å². The van der Waals surface area contributed by atoms with Gasteiger partial charge >= 0.3 is 1.43 Å². The molecule has 3 nitrogen and oxygen atoms in total. The third-order valence-corrected chi connectivity index (χ3v) is 1.56. The van der Waals surface area contributed by atoms with Gasteiger partial charge in [-0.2, -0.15) is 0 Å². The molecule has 1 aliphatic rings. The Kier molecular flexibility index (Phi) is 1.28. The molecule has 0 bridgehead atoms. The number of nitrogens with two attached hydrogens (primary N) is 1. The Labute approximate surface area is 66.0 Å². The van der Waals surface area contributed by atoms with E-state index in [4.69, 9.17) is 10.5 Å². The van der Waals surface area contributed by atoms with Gasteiger partial charge in [-0.15, -0.1) is 0 Å². The van der Waals surface area contributed by atoms with Crippen molar-refractivity contribution in [1.82, 2.24) is 0 Å². The van der Waals surface area contributed by atoms with Crippen molar-refractivity contribution >= 4 is 17.6 Å². The second kappa shape index (κ2) is 2.27. The van der Waals surface area contributed by atoms with Crippen molar-refractivity contribution < 1.29 is 6.16 Å². The summed E-state index contributed by atoms with van der Waals surface area (Å²) in [6, 6.07) is 5.53. The van der Waals surface area contributed by atoms with E-state index >= 15 is 0 Å². The molecule has 1 heterocycles. The van der Waals surface area contributed by atoms with Gasteiger partial charge in [0.25, 0.3) is 0 Å². The first-order chi connectivity index (χ1) is 5.38. The van der Waals surface area contributed by atoms with Crippen LogP contribution in [0.4, 0.5) is 11.4 Å². The summed E-state index contributed by atoms with van der Waals surface area (Å²) in [6.45, 7) is 0.538. The minimum atomic E-state index is 0. The minimum absolute atomic E-state index is 0. The Hall–Kier alpha value is -1.51. The number of rotatable bonds is 0. The fraction of sp³-hybridized carbons (Fsp3) is 0.125. The summed E-state index contributed by atoms with van der Waals surface area (Å²) in [5.41, 5.74) is 7.06. The molecule has 0 aromatic heterocycles. The second-order valence-corrected chi connectivity index (χ2v) is 2.32. The van der Waals surface area contributed by atoms with E-state index in [0.717, 1.165) is 11.4 Å². The number of ether oxygens (including phenoxy) is 1. The van der Waals surface area contributed by atoms with Crippen molar-refractivity contribution in [2.75, 3.05) is 12.3 Å². The van der Waals surface area contributed by atoms with E-state index in [2.05, 4.69) is 4.99 Å². The van der Waals surface area contributed by atoms with Crippen LogP contribution < -0.4 is 10.5 Å². The average molecular weight is 149 g/mol. The summed E-state index contributed by atoms with van der Waals surface area (Å²) < 4.78 is 5.27. The quantitative estimate of drug-likeness (QED) is 0.568. The lowest BCUT2D eigenvalue weighted by Gasteiger charge is -2.12. The van der Waals surface area contributed by atoms with E-state index in [-0.39, 0.29) is 1.43 Å².